The molecule has 1 N–H and O–H groups in total. The van der Waals surface area contributed by atoms with Crippen molar-refractivity contribution in [1.82, 2.24) is 9.99 Å². The number of halogens is 1. The Labute approximate surface area is 177 Å². The summed E-state index contributed by atoms with van der Waals surface area (Å²) in [6.45, 7) is 3.79. The van der Waals surface area contributed by atoms with Crippen LogP contribution in [-0.4, -0.2) is 28.7 Å². The third-order valence-electron chi connectivity index (χ3n) is 4.56. The first kappa shape index (κ1) is 21.1. The number of carbonyl (C=O) groups excluding carboxylic acids is 1. The van der Waals surface area contributed by atoms with Gasteiger partial charge in [0.25, 0.3) is 11.6 Å². The van der Waals surface area contributed by atoms with Crippen LogP contribution in [0.3, 0.4) is 0 Å². The van der Waals surface area contributed by atoms with Gasteiger partial charge >= 0.3 is 0 Å². The quantitative estimate of drug-likeness (QED) is 0.358. The Morgan fingerprint density at radius 1 is 1.20 bits per heavy atom. The van der Waals surface area contributed by atoms with E-state index >= 15 is 0 Å². The van der Waals surface area contributed by atoms with Gasteiger partial charge in [0.1, 0.15) is 5.75 Å². The summed E-state index contributed by atoms with van der Waals surface area (Å²) >= 11 is 5.83. The van der Waals surface area contributed by atoms with E-state index in [1.807, 2.05) is 24.5 Å². The molecule has 0 fully saturated rings. The van der Waals surface area contributed by atoms with E-state index in [0.29, 0.717) is 22.0 Å². The minimum atomic E-state index is -0.469. The predicted molar refractivity (Wildman–Crippen MR) is 115 cm³/mol. The molecule has 9 heteroatoms. The first-order valence-corrected chi connectivity index (χ1v) is 9.30. The molecule has 0 bridgehead atoms. The second kappa shape index (κ2) is 8.79. The molecule has 8 nitrogen and oxygen atoms in total. The van der Waals surface area contributed by atoms with Crippen LogP contribution in [0.1, 0.15) is 27.3 Å². The number of ether oxygens (including phenoxy) is 1. The van der Waals surface area contributed by atoms with Crippen LogP contribution >= 0.6 is 11.6 Å². The summed E-state index contributed by atoms with van der Waals surface area (Å²) in [5.74, 6) is 0.0271. The molecule has 2 aromatic carbocycles. The van der Waals surface area contributed by atoms with Crippen molar-refractivity contribution in [2.75, 3.05) is 7.11 Å². The van der Waals surface area contributed by atoms with E-state index < -0.39 is 4.92 Å². The number of aryl methyl sites for hydroxylation is 1. The molecule has 0 saturated heterocycles. The number of nitro benzene ring substituents is 1. The van der Waals surface area contributed by atoms with Gasteiger partial charge < -0.3 is 9.30 Å². The third-order valence-corrected chi connectivity index (χ3v) is 4.81. The Hall–Kier alpha value is -3.65. The molecule has 0 aliphatic rings. The Morgan fingerprint density at radius 2 is 1.90 bits per heavy atom. The Balaban J connectivity index is 1.85. The maximum Gasteiger partial charge on any atom is 0.273 e. The average Bonchev–Trinajstić information content (AvgIpc) is 3.01. The molecule has 3 rings (SSSR count). The number of rotatable bonds is 6. The van der Waals surface area contributed by atoms with Gasteiger partial charge in [0.2, 0.25) is 0 Å². The molecule has 0 radical (unpaired) electrons. The number of aromatic nitrogens is 1. The fraction of sp³-hybridized carbons (Fsp3) is 0.143. The molecule has 0 unspecified atom stereocenters. The number of hydrogen-bond donors (Lipinski definition) is 1. The van der Waals surface area contributed by atoms with Gasteiger partial charge in [0.15, 0.2) is 0 Å². The van der Waals surface area contributed by atoms with Gasteiger partial charge in [-0.25, -0.2) is 5.43 Å². The molecule has 0 aliphatic heterocycles. The number of hydrazone groups is 1. The van der Waals surface area contributed by atoms with Gasteiger partial charge in [-0.2, -0.15) is 5.10 Å². The summed E-state index contributed by atoms with van der Waals surface area (Å²) in [4.78, 5) is 22.7. The van der Waals surface area contributed by atoms with Crippen molar-refractivity contribution < 1.29 is 14.5 Å². The second-order valence-corrected chi connectivity index (χ2v) is 6.92. The van der Waals surface area contributed by atoms with Crippen molar-refractivity contribution >= 4 is 29.4 Å². The summed E-state index contributed by atoms with van der Waals surface area (Å²) in [6.07, 6.45) is 1.55. The lowest BCUT2D eigenvalue weighted by Crippen LogP contribution is -2.17. The molecule has 0 aliphatic carbocycles. The van der Waals surface area contributed by atoms with Gasteiger partial charge in [0, 0.05) is 33.6 Å². The third kappa shape index (κ3) is 4.33. The van der Waals surface area contributed by atoms with Gasteiger partial charge in [-0.05, 0) is 50.2 Å². The molecular formula is C21H19ClN4O4. The van der Waals surface area contributed by atoms with Gasteiger partial charge in [-0.3, -0.25) is 14.9 Å². The number of benzene rings is 2. The van der Waals surface area contributed by atoms with Crippen LogP contribution in [0.5, 0.6) is 5.75 Å². The lowest BCUT2D eigenvalue weighted by atomic mass is 10.2. The maximum absolute atomic E-state index is 12.2. The summed E-state index contributed by atoms with van der Waals surface area (Å²) in [6, 6.07) is 12.8. The molecular weight excluding hydrogens is 408 g/mol. The largest absolute Gasteiger partial charge is 0.494 e. The monoisotopic (exact) mass is 426 g/mol. The molecule has 154 valence electrons. The highest BCUT2D eigenvalue weighted by atomic mass is 35.5. The second-order valence-electron chi connectivity index (χ2n) is 6.48. The number of hydrogen-bond acceptors (Lipinski definition) is 5. The first-order chi connectivity index (χ1) is 14.3. The molecule has 1 amide bonds. The highest BCUT2D eigenvalue weighted by molar-refractivity contribution is 6.30. The lowest BCUT2D eigenvalue weighted by molar-refractivity contribution is -0.384. The van der Waals surface area contributed by atoms with Crippen LogP contribution in [0.25, 0.3) is 5.69 Å². The van der Waals surface area contributed by atoms with E-state index in [4.69, 9.17) is 16.3 Å². The summed E-state index contributed by atoms with van der Waals surface area (Å²) in [5, 5.41) is 15.6. The molecule has 30 heavy (non-hydrogen) atoms. The maximum atomic E-state index is 12.2. The van der Waals surface area contributed by atoms with E-state index in [2.05, 4.69) is 10.5 Å². The number of nitrogens with one attached hydrogen (secondary N) is 1. The Kier molecular flexibility index (Phi) is 6.17. The summed E-state index contributed by atoms with van der Waals surface area (Å²) in [5.41, 5.74) is 6.04. The number of non-ortho nitro benzene ring substituents is 1. The van der Waals surface area contributed by atoms with Crippen molar-refractivity contribution in [1.29, 1.82) is 0 Å². The van der Waals surface area contributed by atoms with Gasteiger partial charge in [0.05, 0.1) is 30.0 Å². The molecule has 0 saturated carbocycles. The van der Waals surface area contributed by atoms with Crippen molar-refractivity contribution in [3.05, 3.63) is 86.2 Å². The van der Waals surface area contributed by atoms with Crippen LogP contribution in [0, 0.1) is 24.0 Å². The molecule has 3 aromatic rings. The van der Waals surface area contributed by atoms with Crippen molar-refractivity contribution in [2.24, 2.45) is 5.10 Å². The van der Waals surface area contributed by atoms with E-state index in [-0.39, 0.29) is 11.6 Å². The number of methoxy groups -OCH3 is 1. The Morgan fingerprint density at radius 3 is 2.53 bits per heavy atom. The average molecular weight is 427 g/mol. The predicted octanol–water partition coefficient (Wildman–Crippen LogP) is 4.43. The van der Waals surface area contributed by atoms with E-state index in [1.165, 1.54) is 19.2 Å². The van der Waals surface area contributed by atoms with E-state index in [9.17, 15) is 14.9 Å². The highest BCUT2D eigenvalue weighted by Gasteiger charge is 2.17. The lowest BCUT2D eigenvalue weighted by Gasteiger charge is -2.13. The van der Waals surface area contributed by atoms with Crippen molar-refractivity contribution in [3.63, 3.8) is 0 Å². The summed E-state index contributed by atoms with van der Waals surface area (Å²) < 4.78 is 7.26. The fourth-order valence-electron chi connectivity index (χ4n) is 3.08. The number of carbonyl (C=O) groups is 1. The zero-order valence-corrected chi connectivity index (χ0v) is 17.3. The highest BCUT2D eigenvalue weighted by Crippen LogP contribution is 2.31. The number of nitrogens with zero attached hydrogens (tertiary/aromatic N) is 3. The molecule has 0 atom stereocenters. The van der Waals surface area contributed by atoms with Crippen LogP contribution in [0.4, 0.5) is 5.69 Å². The van der Waals surface area contributed by atoms with E-state index in [1.54, 1.807) is 36.5 Å². The van der Waals surface area contributed by atoms with Crippen molar-refractivity contribution in [3.8, 4) is 11.4 Å². The standard InChI is InChI=1S/C21H19ClN4O4/c1-13-10-16(12-23-24-21(27)15-4-6-17(22)7-5-15)14(2)25(13)19-9-8-18(26(28)29)11-20(19)30-3/h4-12H,1-3H3,(H,24,27)/b23-12-. The minimum absolute atomic E-state index is 0.0511. The molecule has 0 spiro atoms. The zero-order chi connectivity index (χ0) is 21.8. The minimum Gasteiger partial charge on any atom is -0.494 e. The van der Waals surface area contributed by atoms with Crippen LogP contribution < -0.4 is 10.2 Å². The Bertz CT molecular complexity index is 1140. The summed E-state index contributed by atoms with van der Waals surface area (Å²) in [7, 11) is 1.46. The SMILES string of the molecule is COc1cc([N+](=O)[O-])ccc1-n1c(C)cc(/C=N\NC(=O)c2ccc(Cl)cc2)c1C. The normalized spacial score (nSPS) is 10.9. The van der Waals surface area contributed by atoms with Crippen LogP contribution in [0.15, 0.2) is 53.6 Å². The van der Waals surface area contributed by atoms with Crippen LogP contribution in [-0.2, 0) is 0 Å². The van der Waals surface area contributed by atoms with Crippen molar-refractivity contribution in [2.45, 2.75) is 13.8 Å². The first-order valence-electron chi connectivity index (χ1n) is 8.92. The van der Waals surface area contributed by atoms with Gasteiger partial charge in [-0.15, -0.1) is 0 Å². The van der Waals surface area contributed by atoms with Gasteiger partial charge in [-0.1, -0.05) is 11.6 Å². The fourth-order valence-corrected chi connectivity index (χ4v) is 3.21. The molecule has 1 aromatic heterocycles. The zero-order valence-electron chi connectivity index (χ0n) is 16.5. The number of nitro groups is 1. The number of amides is 1. The van der Waals surface area contributed by atoms with Crippen LogP contribution in [0.2, 0.25) is 5.02 Å². The molecule has 1 heterocycles. The topological polar surface area (TPSA) is 98.8 Å². The van der Waals surface area contributed by atoms with E-state index in [0.717, 1.165) is 17.0 Å². The smallest absolute Gasteiger partial charge is 0.273 e.